The summed E-state index contributed by atoms with van der Waals surface area (Å²) in [5, 5.41) is 10.0. The van der Waals surface area contributed by atoms with E-state index in [1.54, 1.807) is 29.0 Å². The number of nitrogens with one attached hydrogen (secondary N) is 2. The minimum atomic E-state index is -0.377. The molecule has 2 N–H and O–H groups in total. The number of likely N-dealkylation sites (N-methyl/N-ethyl adjacent to an activating group) is 1. The second-order valence-corrected chi connectivity index (χ2v) is 7.05. The Morgan fingerprint density at radius 3 is 2.76 bits per heavy atom. The highest BCUT2D eigenvalue weighted by Crippen LogP contribution is 2.32. The number of anilines is 1. The minimum Gasteiger partial charge on any atom is -0.445 e. The van der Waals surface area contributed by atoms with Crippen LogP contribution in [-0.2, 0) is 11.8 Å². The molecule has 3 heterocycles. The van der Waals surface area contributed by atoms with Crippen molar-refractivity contribution < 1.29 is 14.0 Å². The largest absolute Gasteiger partial charge is 0.445 e. The molecule has 0 aliphatic carbocycles. The van der Waals surface area contributed by atoms with Gasteiger partial charge in [0.15, 0.2) is 0 Å². The van der Waals surface area contributed by atoms with E-state index in [9.17, 15) is 9.59 Å². The second-order valence-electron chi connectivity index (χ2n) is 7.05. The molecule has 1 saturated heterocycles. The standard InChI is InChI=1S/C20H22N6O3/c1-12-13(19-21-9-10-29-19)5-4-6-14(12)23-20(28)24-15-11-17(27)25(2)18(15)16-7-8-22-26(16)3/h4-10,15,18H,11H2,1-3H3,(H2,23,24,28)/t15-,18-/m1/s1. The molecule has 3 aromatic rings. The lowest BCUT2D eigenvalue weighted by atomic mass is 10.1. The number of rotatable bonds is 4. The van der Waals surface area contributed by atoms with Gasteiger partial charge in [-0.1, -0.05) is 6.07 Å². The van der Waals surface area contributed by atoms with E-state index in [4.69, 9.17) is 4.42 Å². The van der Waals surface area contributed by atoms with Gasteiger partial charge in [0.05, 0.1) is 24.0 Å². The summed E-state index contributed by atoms with van der Waals surface area (Å²) in [5.41, 5.74) is 3.16. The van der Waals surface area contributed by atoms with Gasteiger partial charge < -0.3 is 20.0 Å². The number of hydrogen-bond donors (Lipinski definition) is 2. The van der Waals surface area contributed by atoms with Crippen molar-refractivity contribution in [2.45, 2.75) is 25.4 Å². The van der Waals surface area contributed by atoms with E-state index in [1.165, 1.54) is 6.26 Å². The zero-order chi connectivity index (χ0) is 20.5. The van der Waals surface area contributed by atoms with Crippen molar-refractivity contribution in [2.75, 3.05) is 12.4 Å². The Morgan fingerprint density at radius 2 is 2.07 bits per heavy atom. The van der Waals surface area contributed by atoms with Crippen molar-refractivity contribution >= 4 is 17.6 Å². The van der Waals surface area contributed by atoms with Crippen LogP contribution in [0.15, 0.2) is 47.3 Å². The summed E-state index contributed by atoms with van der Waals surface area (Å²) in [6, 6.07) is 6.36. The molecule has 0 spiro atoms. The third kappa shape index (κ3) is 3.46. The van der Waals surface area contributed by atoms with E-state index in [0.29, 0.717) is 11.6 Å². The number of carbonyl (C=O) groups is 2. The predicted octanol–water partition coefficient (Wildman–Crippen LogP) is 2.48. The number of aromatic nitrogens is 3. The van der Waals surface area contributed by atoms with Gasteiger partial charge in [0.1, 0.15) is 6.26 Å². The van der Waals surface area contributed by atoms with Crippen LogP contribution in [0.25, 0.3) is 11.5 Å². The fourth-order valence-corrected chi connectivity index (χ4v) is 3.76. The van der Waals surface area contributed by atoms with Crippen molar-refractivity contribution in [2.24, 2.45) is 7.05 Å². The maximum Gasteiger partial charge on any atom is 0.319 e. The van der Waals surface area contributed by atoms with E-state index in [2.05, 4.69) is 20.7 Å². The number of likely N-dealkylation sites (tertiary alicyclic amines) is 1. The first-order valence-electron chi connectivity index (χ1n) is 9.26. The van der Waals surface area contributed by atoms with Crippen molar-refractivity contribution in [1.29, 1.82) is 0 Å². The van der Waals surface area contributed by atoms with Gasteiger partial charge in [-0.2, -0.15) is 5.10 Å². The third-order valence-corrected chi connectivity index (χ3v) is 5.31. The number of carbonyl (C=O) groups excluding carboxylic acids is 2. The summed E-state index contributed by atoms with van der Waals surface area (Å²) >= 11 is 0. The molecule has 1 aliphatic rings. The first-order valence-corrected chi connectivity index (χ1v) is 9.26. The normalized spacial score (nSPS) is 18.9. The van der Waals surface area contributed by atoms with Crippen LogP contribution >= 0.6 is 0 Å². The highest BCUT2D eigenvalue weighted by molar-refractivity contribution is 5.92. The molecule has 3 amide bonds. The Balaban J connectivity index is 1.52. The molecule has 4 rings (SSSR count). The molecule has 0 saturated carbocycles. The van der Waals surface area contributed by atoms with Gasteiger partial charge in [-0.3, -0.25) is 9.48 Å². The van der Waals surface area contributed by atoms with Crippen LogP contribution in [0.4, 0.5) is 10.5 Å². The van der Waals surface area contributed by atoms with Gasteiger partial charge in [-0.05, 0) is 30.7 Å². The van der Waals surface area contributed by atoms with E-state index in [-0.39, 0.29) is 30.4 Å². The summed E-state index contributed by atoms with van der Waals surface area (Å²) < 4.78 is 7.09. The predicted molar refractivity (Wildman–Crippen MR) is 106 cm³/mol. The van der Waals surface area contributed by atoms with Crippen LogP contribution in [-0.4, -0.2) is 44.7 Å². The molecule has 9 heteroatoms. The Labute approximate surface area is 167 Å². The lowest BCUT2D eigenvalue weighted by molar-refractivity contribution is -0.127. The van der Waals surface area contributed by atoms with Gasteiger partial charge >= 0.3 is 6.03 Å². The molecule has 1 aromatic carbocycles. The quantitative estimate of drug-likeness (QED) is 0.707. The van der Waals surface area contributed by atoms with Crippen LogP contribution < -0.4 is 10.6 Å². The highest BCUT2D eigenvalue weighted by Gasteiger charge is 2.40. The molecule has 29 heavy (non-hydrogen) atoms. The smallest absolute Gasteiger partial charge is 0.319 e. The summed E-state index contributed by atoms with van der Waals surface area (Å²) in [4.78, 5) is 30.8. The molecule has 1 aliphatic heterocycles. The van der Waals surface area contributed by atoms with E-state index in [0.717, 1.165) is 16.8 Å². The van der Waals surface area contributed by atoms with Gasteiger partial charge in [-0.15, -0.1) is 0 Å². The number of hydrogen-bond acceptors (Lipinski definition) is 5. The van der Waals surface area contributed by atoms with Gasteiger partial charge in [0, 0.05) is 38.0 Å². The summed E-state index contributed by atoms with van der Waals surface area (Å²) in [5.74, 6) is 0.467. The SMILES string of the molecule is Cc1c(NC(=O)N[C@@H]2CC(=O)N(C)[C@H]2c2ccnn2C)cccc1-c1ncco1. The van der Waals surface area contributed by atoms with Crippen molar-refractivity contribution in [3.05, 3.63) is 54.2 Å². The zero-order valence-electron chi connectivity index (χ0n) is 16.4. The van der Waals surface area contributed by atoms with E-state index in [1.807, 2.05) is 38.2 Å². The highest BCUT2D eigenvalue weighted by atomic mass is 16.3. The molecule has 0 radical (unpaired) electrons. The monoisotopic (exact) mass is 394 g/mol. The maximum atomic E-state index is 12.7. The molecular weight excluding hydrogens is 372 g/mol. The lowest BCUT2D eigenvalue weighted by Gasteiger charge is -2.25. The summed E-state index contributed by atoms with van der Waals surface area (Å²) in [6.07, 6.45) is 5.00. The first-order chi connectivity index (χ1) is 14.0. The topological polar surface area (TPSA) is 105 Å². The lowest BCUT2D eigenvalue weighted by Crippen LogP contribution is -2.41. The molecule has 150 valence electrons. The molecule has 2 atom stereocenters. The number of aryl methyl sites for hydroxylation is 1. The van der Waals surface area contributed by atoms with Crippen LogP contribution in [0.3, 0.4) is 0 Å². The zero-order valence-corrected chi connectivity index (χ0v) is 16.4. The third-order valence-electron chi connectivity index (χ3n) is 5.31. The average Bonchev–Trinajstić information content (AvgIpc) is 3.40. The van der Waals surface area contributed by atoms with E-state index < -0.39 is 0 Å². The van der Waals surface area contributed by atoms with Crippen LogP contribution in [0.1, 0.15) is 23.7 Å². The first kappa shape index (κ1) is 18.7. The van der Waals surface area contributed by atoms with Crippen molar-refractivity contribution in [3.8, 4) is 11.5 Å². The Kier molecular flexibility index (Phi) is 4.79. The number of urea groups is 1. The van der Waals surface area contributed by atoms with Gasteiger partial charge in [0.25, 0.3) is 0 Å². The molecule has 1 fully saturated rings. The summed E-state index contributed by atoms with van der Waals surface area (Å²) in [7, 11) is 3.56. The van der Waals surface area contributed by atoms with Crippen LogP contribution in [0.2, 0.25) is 0 Å². The van der Waals surface area contributed by atoms with Gasteiger partial charge in [-0.25, -0.2) is 9.78 Å². The summed E-state index contributed by atoms with van der Waals surface area (Å²) in [6.45, 7) is 1.89. The Bertz CT molecular complexity index is 1040. The average molecular weight is 394 g/mol. The molecular formula is C20H22N6O3. The Morgan fingerprint density at radius 1 is 1.24 bits per heavy atom. The fourth-order valence-electron chi connectivity index (χ4n) is 3.76. The Hall–Kier alpha value is -3.62. The minimum absolute atomic E-state index is 0.0245. The molecule has 0 unspecified atom stereocenters. The number of nitrogens with zero attached hydrogens (tertiary/aromatic N) is 4. The van der Waals surface area contributed by atoms with E-state index >= 15 is 0 Å². The van der Waals surface area contributed by atoms with Crippen molar-refractivity contribution in [3.63, 3.8) is 0 Å². The van der Waals surface area contributed by atoms with Crippen LogP contribution in [0, 0.1) is 6.92 Å². The molecule has 0 bridgehead atoms. The number of benzene rings is 1. The number of amides is 3. The van der Waals surface area contributed by atoms with Gasteiger partial charge in [0.2, 0.25) is 11.8 Å². The van der Waals surface area contributed by atoms with Crippen LogP contribution in [0.5, 0.6) is 0 Å². The molecule has 9 nitrogen and oxygen atoms in total. The number of oxazole rings is 1. The fraction of sp³-hybridized carbons (Fsp3) is 0.300. The maximum absolute atomic E-state index is 12.7. The molecule has 2 aromatic heterocycles. The van der Waals surface area contributed by atoms with Crippen molar-refractivity contribution in [1.82, 2.24) is 25.0 Å². The second kappa shape index (κ2) is 7.42.